The maximum Gasteiger partial charge on any atom is 0.0331 e. The van der Waals surface area contributed by atoms with Crippen LogP contribution in [0.4, 0.5) is 0 Å². The van der Waals surface area contributed by atoms with Crippen LogP contribution in [0.2, 0.25) is 0 Å². The van der Waals surface area contributed by atoms with Crippen LogP contribution in [0.3, 0.4) is 0 Å². The van der Waals surface area contributed by atoms with Crippen molar-refractivity contribution < 1.29 is 0 Å². The van der Waals surface area contributed by atoms with Gasteiger partial charge in [-0.05, 0) is 55.6 Å². The van der Waals surface area contributed by atoms with Gasteiger partial charge in [-0.3, -0.25) is 4.90 Å². The largest absolute Gasteiger partial charge is 0.317 e. The van der Waals surface area contributed by atoms with E-state index >= 15 is 0 Å². The summed E-state index contributed by atoms with van der Waals surface area (Å²) >= 11 is 1.90. The van der Waals surface area contributed by atoms with Crippen molar-refractivity contribution in [3.63, 3.8) is 0 Å². The zero-order valence-corrected chi connectivity index (χ0v) is 12.1. The number of thiophene rings is 1. The topological polar surface area (TPSA) is 15.3 Å². The van der Waals surface area contributed by atoms with Crippen LogP contribution in [-0.2, 0) is 6.54 Å². The molecule has 1 saturated heterocycles. The summed E-state index contributed by atoms with van der Waals surface area (Å²) in [7, 11) is 0. The lowest BCUT2D eigenvalue weighted by Crippen LogP contribution is -2.43. The molecule has 3 rings (SSSR count). The Bertz CT molecular complexity index is 364. The summed E-state index contributed by atoms with van der Waals surface area (Å²) in [5, 5.41) is 5.69. The zero-order valence-electron chi connectivity index (χ0n) is 11.3. The number of piperidine rings is 1. The van der Waals surface area contributed by atoms with Crippen LogP contribution < -0.4 is 5.32 Å². The summed E-state index contributed by atoms with van der Waals surface area (Å²) in [6.07, 6.45) is 5.50. The molecule has 0 aromatic carbocycles. The normalized spacial score (nSPS) is 23.4. The van der Waals surface area contributed by atoms with Crippen LogP contribution in [-0.4, -0.2) is 30.6 Å². The van der Waals surface area contributed by atoms with E-state index in [1.54, 1.807) is 0 Å². The second kappa shape index (κ2) is 5.32. The minimum absolute atomic E-state index is 0.533. The van der Waals surface area contributed by atoms with Crippen molar-refractivity contribution in [2.45, 2.75) is 45.2 Å². The van der Waals surface area contributed by atoms with Crippen LogP contribution in [0.15, 0.2) is 17.5 Å². The molecule has 18 heavy (non-hydrogen) atoms. The lowest BCUT2D eigenvalue weighted by molar-refractivity contribution is 0.118. The molecule has 1 aliphatic heterocycles. The molecule has 0 atom stereocenters. The summed E-state index contributed by atoms with van der Waals surface area (Å²) in [6.45, 7) is 7.35. The first kappa shape index (κ1) is 12.6. The quantitative estimate of drug-likeness (QED) is 0.879. The van der Waals surface area contributed by atoms with E-state index in [0.29, 0.717) is 5.41 Å². The average molecular weight is 264 g/mol. The van der Waals surface area contributed by atoms with Crippen molar-refractivity contribution in [3.8, 4) is 0 Å². The molecule has 0 radical (unpaired) electrons. The molecule has 2 nitrogen and oxygen atoms in total. The Balaban J connectivity index is 1.62. The molecule has 1 saturated carbocycles. The van der Waals surface area contributed by atoms with Gasteiger partial charge < -0.3 is 5.32 Å². The summed E-state index contributed by atoms with van der Waals surface area (Å²) < 4.78 is 0. The van der Waals surface area contributed by atoms with Gasteiger partial charge in [-0.2, -0.15) is 0 Å². The first-order valence-corrected chi connectivity index (χ1v) is 8.10. The molecule has 1 N–H and O–H groups in total. The molecule has 100 valence electrons. The monoisotopic (exact) mass is 264 g/mol. The predicted molar refractivity (Wildman–Crippen MR) is 78.0 cm³/mol. The third-order valence-corrected chi connectivity index (χ3v) is 5.26. The smallest absolute Gasteiger partial charge is 0.0331 e. The first-order valence-electron chi connectivity index (χ1n) is 7.22. The van der Waals surface area contributed by atoms with Crippen LogP contribution in [0, 0.1) is 5.41 Å². The zero-order chi connectivity index (χ0) is 12.4. The van der Waals surface area contributed by atoms with E-state index in [2.05, 4.69) is 34.7 Å². The minimum atomic E-state index is 0.533. The van der Waals surface area contributed by atoms with Gasteiger partial charge in [0.25, 0.3) is 0 Å². The van der Waals surface area contributed by atoms with E-state index in [9.17, 15) is 0 Å². The fraction of sp³-hybridized carbons (Fsp3) is 0.733. The molecule has 0 amide bonds. The standard InChI is InChI=1S/C15H24N2S/c1-15(6-8-16-9-7-15)12-17(13-4-5-13)11-14-3-2-10-18-14/h2-3,10,13,16H,4-9,11-12H2,1H3. The van der Waals surface area contributed by atoms with E-state index < -0.39 is 0 Å². The number of nitrogens with zero attached hydrogens (tertiary/aromatic N) is 1. The van der Waals surface area contributed by atoms with Gasteiger partial charge in [-0.25, -0.2) is 0 Å². The molecular weight excluding hydrogens is 240 g/mol. The van der Waals surface area contributed by atoms with Gasteiger partial charge in [0.2, 0.25) is 0 Å². The summed E-state index contributed by atoms with van der Waals surface area (Å²) in [5.74, 6) is 0. The lowest BCUT2D eigenvalue weighted by Gasteiger charge is -2.38. The Hall–Kier alpha value is -0.380. The maximum absolute atomic E-state index is 3.49. The highest BCUT2D eigenvalue weighted by molar-refractivity contribution is 7.09. The highest BCUT2D eigenvalue weighted by atomic mass is 32.1. The predicted octanol–water partition coefficient (Wildman–Crippen LogP) is 3.10. The molecule has 0 bridgehead atoms. The summed E-state index contributed by atoms with van der Waals surface area (Å²) in [5.41, 5.74) is 0.533. The van der Waals surface area contributed by atoms with Gasteiger partial charge in [0, 0.05) is 24.0 Å². The van der Waals surface area contributed by atoms with Crippen molar-refractivity contribution in [2.75, 3.05) is 19.6 Å². The second-order valence-corrected chi connectivity index (χ2v) is 7.31. The fourth-order valence-electron chi connectivity index (χ4n) is 3.04. The Labute approximate surface area is 114 Å². The van der Waals surface area contributed by atoms with Crippen molar-refractivity contribution in [3.05, 3.63) is 22.4 Å². The van der Waals surface area contributed by atoms with Gasteiger partial charge in [0.1, 0.15) is 0 Å². The van der Waals surface area contributed by atoms with Crippen LogP contribution in [0.1, 0.15) is 37.5 Å². The van der Waals surface area contributed by atoms with Crippen molar-refractivity contribution in [1.29, 1.82) is 0 Å². The molecule has 0 spiro atoms. The van der Waals surface area contributed by atoms with Crippen molar-refractivity contribution in [2.24, 2.45) is 5.41 Å². The van der Waals surface area contributed by atoms with Gasteiger partial charge in [-0.15, -0.1) is 11.3 Å². The molecule has 1 aromatic heterocycles. The number of nitrogens with one attached hydrogen (secondary N) is 1. The van der Waals surface area contributed by atoms with Gasteiger partial charge in [-0.1, -0.05) is 13.0 Å². The van der Waals surface area contributed by atoms with E-state index in [1.165, 1.54) is 56.7 Å². The maximum atomic E-state index is 3.49. The molecule has 0 unspecified atom stereocenters. The Morgan fingerprint density at radius 3 is 2.78 bits per heavy atom. The average Bonchev–Trinajstić information content (AvgIpc) is 3.09. The lowest BCUT2D eigenvalue weighted by atomic mass is 9.80. The van der Waals surface area contributed by atoms with E-state index in [1.807, 2.05) is 11.3 Å². The molecule has 1 aliphatic carbocycles. The number of hydrogen-bond donors (Lipinski definition) is 1. The minimum Gasteiger partial charge on any atom is -0.317 e. The van der Waals surface area contributed by atoms with Gasteiger partial charge in [0.15, 0.2) is 0 Å². The molecule has 2 aliphatic rings. The van der Waals surface area contributed by atoms with Gasteiger partial charge >= 0.3 is 0 Å². The third-order valence-electron chi connectivity index (χ3n) is 4.40. The first-order chi connectivity index (χ1) is 8.75. The Morgan fingerprint density at radius 1 is 1.39 bits per heavy atom. The highest BCUT2D eigenvalue weighted by Crippen LogP contribution is 2.35. The van der Waals surface area contributed by atoms with Crippen LogP contribution in [0.5, 0.6) is 0 Å². The van der Waals surface area contributed by atoms with E-state index in [-0.39, 0.29) is 0 Å². The molecule has 2 fully saturated rings. The van der Waals surface area contributed by atoms with Crippen molar-refractivity contribution in [1.82, 2.24) is 10.2 Å². The highest BCUT2D eigenvalue weighted by Gasteiger charge is 2.35. The van der Waals surface area contributed by atoms with Gasteiger partial charge in [0.05, 0.1) is 0 Å². The van der Waals surface area contributed by atoms with Crippen molar-refractivity contribution >= 4 is 11.3 Å². The molecule has 2 heterocycles. The molecule has 1 aromatic rings. The Kier molecular flexibility index (Phi) is 3.73. The number of rotatable bonds is 5. The van der Waals surface area contributed by atoms with E-state index in [4.69, 9.17) is 0 Å². The van der Waals surface area contributed by atoms with Crippen LogP contribution >= 0.6 is 11.3 Å². The Morgan fingerprint density at radius 2 is 2.17 bits per heavy atom. The second-order valence-electron chi connectivity index (χ2n) is 6.28. The summed E-state index contributed by atoms with van der Waals surface area (Å²) in [4.78, 5) is 4.27. The van der Waals surface area contributed by atoms with Crippen LogP contribution in [0.25, 0.3) is 0 Å². The molecule has 3 heteroatoms. The third kappa shape index (κ3) is 3.14. The van der Waals surface area contributed by atoms with E-state index in [0.717, 1.165) is 6.04 Å². The number of hydrogen-bond acceptors (Lipinski definition) is 3. The molecular formula is C15H24N2S. The summed E-state index contributed by atoms with van der Waals surface area (Å²) in [6, 6.07) is 5.33. The fourth-order valence-corrected chi connectivity index (χ4v) is 3.76. The SMILES string of the molecule is CC1(CN(Cc2cccs2)C2CC2)CCNCC1.